The number of nitrogens with one attached hydrogen (secondary N) is 1. The Hall–Kier alpha value is -4.47. The molecule has 0 aliphatic carbocycles. The van der Waals surface area contributed by atoms with Crippen LogP contribution in [0, 0.1) is 10.1 Å². The van der Waals surface area contributed by atoms with Crippen LogP contribution in [0.1, 0.15) is 38.5 Å². The lowest BCUT2D eigenvalue weighted by molar-refractivity contribution is -0.385. The van der Waals surface area contributed by atoms with E-state index in [1.54, 1.807) is 13.0 Å². The molecule has 4 unspecified atom stereocenters. The highest BCUT2D eigenvalue weighted by atomic mass is 19.3. The molecule has 1 fully saturated rings. The van der Waals surface area contributed by atoms with Crippen LogP contribution >= 0.6 is 0 Å². The van der Waals surface area contributed by atoms with Crippen molar-refractivity contribution >= 4 is 29.5 Å². The Morgan fingerprint density at radius 2 is 1.90 bits per heavy atom. The molecule has 0 radical (unpaired) electrons. The first-order chi connectivity index (χ1) is 18.3. The zero-order chi connectivity index (χ0) is 28.9. The number of alkyl halides is 2. The Labute approximate surface area is 219 Å². The molecule has 1 amide bonds. The van der Waals surface area contributed by atoms with Gasteiger partial charge in [0.25, 0.3) is 5.69 Å². The number of nitro groups is 1. The minimum atomic E-state index is -3.92. The molecule has 14 nitrogen and oxygen atoms in total. The number of carbonyl (C=O) groups is 3. The highest BCUT2D eigenvalue weighted by Gasteiger charge is 2.62. The second kappa shape index (κ2) is 11.9. The number of para-hydroxylation sites is 1. The molecule has 1 aliphatic rings. The van der Waals surface area contributed by atoms with Gasteiger partial charge >= 0.3 is 29.6 Å². The summed E-state index contributed by atoms with van der Waals surface area (Å²) in [6.07, 6.45) is -6.20. The summed E-state index contributed by atoms with van der Waals surface area (Å²) in [6, 6.07) is 6.96. The van der Waals surface area contributed by atoms with E-state index in [2.05, 4.69) is 15.0 Å². The van der Waals surface area contributed by atoms with Gasteiger partial charge in [-0.2, -0.15) is 13.8 Å². The number of aromatic nitrogens is 2. The fourth-order valence-corrected chi connectivity index (χ4v) is 3.79. The van der Waals surface area contributed by atoms with Crippen LogP contribution in [-0.2, 0) is 28.5 Å². The van der Waals surface area contributed by atoms with E-state index in [1.807, 2.05) is 0 Å². The second-order valence-corrected chi connectivity index (χ2v) is 8.48. The van der Waals surface area contributed by atoms with Gasteiger partial charge in [-0.3, -0.25) is 29.6 Å². The molecule has 0 saturated carbocycles. The normalized spacial score (nSPS) is 20.5. The van der Waals surface area contributed by atoms with Crippen molar-refractivity contribution in [1.82, 2.24) is 9.55 Å². The third-order valence-electron chi connectivity index (χ3n) is 5.54. The summed E-state index contributed by atoms with van der Waals surface area (Å²) < 4.78 is 50.3. The number of nitro benzene ring substituents is 1. The molecule has 2 heterocycles. The molecule has 210 valence electrons. The van der Waals surface area contributed by atoms with E-state index in [9.17, 15) is 29.3 Å². The number of esters is 2. The molecule has 4 atom stereocenters. The van der Waals surface area contributed by atoms with Gasteiger partial charge in [0.05, 0.1) is 4.92 Å². The van der Waals surface area contributed by atoms with Gasteiger partial charge in [0.1, 0.15) is 25.1 Å². The van der Waals surface area contributed by atoms with E-state index in [1.165, 1.54) is 18.2 Å². The molecular formula is C23H24F2N4O10. The van der Waals surface area contributed by atoms with E-state index in [0.29, 0.717) is 10.1 Å². The van der Waals surface area contributed by atoms with Crippen molar-refractivity contribution in [1.29, 1.82) is 0 Å². The number of nitrogens with zero attached hydrogens (tertiary/aromatic N) is 3. The van der Waals surface area contributed by atoms with Crippen LogP contribution < -0.4 is 11.0 Å². The lowest BCUT2D eigenvalue weighted by Gasteiger charge is -2.23. The van der Waals surface area contributed by atoms with Gasteiger partial charge < -0.3 is 18.9 Å². The second-order valence-electron chi connectivity index (χ2n) is 8.48. The Morgan fingerprint density at radius 1 is 1.21 bits per heavy atom. The molecule has 1 aromatic heterocycles. The molecule has 2 aromatic rings. The number of anilines is 1. The third kappa shape index (κ3) is 6.90. The maximum Gasteiger partial charge on any atom is 0.412 e. The van der Waals surface area contributed by atoms with Crippen LogP contribution in [0.2, 0.25) is 0 Å². The lowest BCUT2D eigenvalue weighted by atomic mass is 10.0. The van der Waals surface area contributed by atoms with E-state index >= 15 is 8.78 Å². The largest absolute Gasteiger partial charge is 0.463 e. The molecule has 39 heavy (non-hydrogen) atoms. The van der Waals surface area contributed by atoms with Gasteiger partial charge in [0.15, 0.2) is 6.10 Å². The van der Waals surface area contributed by atoms with E-state index in [-0.39, 0.29) is 18.1 Å². The van der Waals surface area contributed by atoms with Crippen LogP contribution in [0.15, 0.2) is 41.3 Å². The first-order valence-electron chi connectivity index (χ1n) is 11.4. The molecule has 1 N–H and O–H groups in total. The summed E-state index contributed by atoms with van der Waals surface area (Å²) in [7, 11) is 0. The Morgan fingerprint density at radius 3 is 2.51 bits per heavy atom. The summed E-state index contributed by atoms with van der Waals surface area (Å²) in [5.41, 5.74) is -1.05. The molecule has 3 rings (SSSR count). The molecule has 1 saturated heterocycles. The Balaban J connectivity index is 1.69. The fraction of sp³-hybridized carbons (Fsp3) is 0.435. The summed E-state index contributed by atoms with van der Waals surface area (Å²) in [5, 5.41) is 13.4. The monoisotopic (exact) mass is 554 g/mol. The van der Waals surface area contributed by atoms with Crippen molar-refractivity contribution in [2.24, 2.45) is 0 Å². The smallest absolute Gasteiger partial charge is 0.412 e. The number of hydrogen-bond donors (Lipinski definition) is 1. The predicted octanol–water partition coefficient (Wildman–Crippen LogP) is 2.53. The summed E-state index contributed by atoms with van der Waals surface area (Å²) in [4.78, 5) is 61.4. The van der Waals surface area contributed by atoms with Crippen molar-refractivity contribution in [3.05, 3.63) is 62.7 Å². The molecule has 1 aliphatic heterocycles. The van der Waals surface area contributed by atoms with Crippen LogP contribution in [0.3, 0.4) is 0 Å². The van der Waals surface area contributed by atoms with Crippen molar-refractivity contribution in [2.45, 2.75) is 51.0 Å². The molecule has 0 bridgehead atoms. The van der Waals surface area contributed by atoms with Gasteiger partial charge in [0, 0.05) is 37.6 Å². The van der Waals surface area contributed by atoms with E-state index in [0.717, 1.165) is 26.1 Å². The van der Waals surface area contributed by atoms with Crippen LogP contribution in [-0.4, -0.2) is 63.9 Å². The van der Waals surface area contributed by atoms with Crippen LogP contribution in [0.5, 0.6) is 0 Å². The maximum atomic E-state index is 15.1. The summed E-state index contributed by atoms with van der Waals surface area (Å²) >= 11 is 0. The average Bonchev–Trinajstić information content (AvgIpc) is 3.10. The lowest BCUT2D eigenvalue weighted by Crippen LogP contribution is -2.44. The molecule has 1 aromatic carbocycles. The number of carbonyl (C=O) groups excluding carboxylic acids is 3. The van der Waals surface area contributed by atoms with Crippen molar-refractivity contribution in [2.75, 3.05) is 18.5 Å². The third-order valence-corrected chi connectivity index (χ3v) is 5.54. The first-order valence-corrected chi connectivity index (χ1v) is 11.4. The van der Waals surface area contributed by atoms with E-state index in [4.69, 9.17) is 14.2 Å². The SMILES string of the molecule is CC(=O)OCC1OC(n2ccc(NC(=O)OCC(C)c3ccccc3[N+](=O)[O-])nc2=O)C(F)(F)C1OC(C)=O. The molecular weight excluding hydrogens is 530 g/mol. The van der Waals surface area contributed by atoms with Gasteiger partial charge in [-0.15, -0.1) is 0 Å². The summed E-state index contributed by atoms with van der Waals surface area (Å²) in [6.45, 7) is 2.63. The number of rotatable bonds is 9. The first kappa shape index (κ1) is 29.1. The standard InChI is InChI=1S/C23H24F2N4O10/c1-12(15-6-4-5-7-16(15)29(34)35)10-37-22(33)27-18-8-9-28(21(32)26-18)20-23(24,25)19(38-14(3)31)17(39-20)11-36-13(2)30/h4-9,12,17,19-20H,10-11H2,1-3H3,(H,26,27,32,33). The van der Waals surface area contributed by atoms with Gasteiger partial charge in [-0.25, -0.2) is 9.59 Å². The zero-order valence-electron chi connectivity index (χ0n) is 20.9. The minimum Gasteiger partial charge on any atom is -0.463 e. The maximum absolute atomic E-state index is 15.1. The average molecular weight is 554 g/mol. The van der Waals surface area contributed by atoms with Gasteiger partial charge in [0.2, 0.25) is 6.23 Å². The Bertz CT molecular complexity index is 1320. The van der Waals surface area contributed by atoms with Gasteiger partial charge in [-0.05, 0) is 6.07 Å². The van der Waals surface area contributed by atoms with Crippen LogP contribution in [0.4, 0.5) is 25.1 Å². The fourth-order valence-electron chi connectivity index (χ4n) is 3.79. The van der Waals surface area contributed by atoms with E-state index < -0.39 is 65.5 Å². The zero-order valence-corrected chi connectivity index (χ0v) is 20.9. The number of halogens is 2. The van der Waals surface area contributed by atoms with Crippen molar-refractivity contribution in [3.63, 3.8) is 0 Å². The van der Waals surface area contributed by atoms with Crippen LogP contribution in [0.25, 0.3) is 0 Å². The minimum absolute atomic E-state index is 0.142. The van der Waals surface area contributed by atoms with Gasteiger partial charge in [-0.1, -0.05) is 25.1 Å². The molecule has 0 spiro atoms. The topological polar surface area (TPSA) is 178 Å². The highest BCUT2D eigenvalue weighted by molar-refractivity contribution is 5.83. The number of ether oxygens (including phenoxy) is 4. The number of benzene rings is 1. The highest BCUT2D eigenvalue weighted by Crippen LogP contribution is 2.44. The molecule has 16 heteroatoms. The summed E-state index contributed by atoms with van der Waals surface area (Å²) in [5.74, 6) is -6.65. The number of amides is 1. The van der Waals surface area contributed by atoms with Crippen molar-refractivity contribution in [3.8, 4) is 0 Å². The Kier molecular flexibility index (Phi) is 8.90. The van der Waals surface area contributed by atoms with Crippen molar-refractivity contribution < 1.29 is 47.0 Å². The number of hydrogen-bond acceptors (Lipinski definition) is 11. The predicted molar refractivity (Wildman–Crippen MR) is 126 cm³/mol. The quantitative estimate of drug-likeness (QED) is 0.208.